The van der Waals surface area contributed by atoms with Gasteiger partial charge in [0, 0.05) is 23.0 Å². The highest BCUT2D eigenvalue weighted by Crippen LogP contribution is 2.21. The largest absolute Gasteiger partial charge is 0.340 e. The van der Waals surface area contributed by atoms with Gasteiger partial charge in [-0.2, -0.15) is 9.50 Å². The fraction of sp³-hybridized carbons (Fsp3) is 0.0556. The average molecular weight is 319 g/mol. The Hall–Kier alpha value is -3.28. The van der Waals surface area contributed by atoms with Crippen LogP contribution in [0.5, 0.6) is 0 Å². The van der Waals surface area contributed by atoms with Gasteiger partial charge < -0.3 is 5.32 Å². The fourth-order valence-electron chi connectivity index (χ4n) is 2.47. The van der Waals surface area contributed by atoms with Gasteiger partial charge in [0.1, 0.15) is 11.6 Å². The molecule has 2 aromatic carbocycles. The number of nitrogens with one attached hydrogen (secondary N) is 1. The highest BCUT2D eigenvalue weighted by atomic mass is 19.1. The third-order valence-electron chi connectivity index (χ3n) is 3.59. The third-order valence-corrected chi connectivity index (χ3v) is 3.59. The van der Waals surface area contributed by atoms with Gasteiger partial charge in [-0.05, 0) is 31.2 Å². The number of halogens is 1. The molecule has 0 radical (unpaired) electrons. The normalized spacial score (nSPS) is 10.9. The van der Waals surface area contributed by atoms with E-state index in [1.54, 1.807) is 16.6 Å². The summed E-state index contributed by atoms with van der Waals surface area (Å²) < 4.78 is 14.7. The van der Waals surface area contributed by atoms with E-state index in [4.69, 9.17) is 0 Å². The van der Waals surface area contributed by atoms with Gasteiger partial charge in [0.15, 0.2) is 5.82 Å². The van der Waals surface area contributed by atoms with Gasteiger partial charge in [-0.1, -0.05) is 30.3 Å². The second-order valence-corrected chi connectivity index (χ2v) is 5.43. The lowest BCUT2D eigenvalue weighted by Crippen LogP contribution is -2.02. The van der Waals surface area contributed by atoms with Gasteiger partial charge in [-0.25, -0.2) is 9.37 Å². The minimum absolute atomic E-state index is 0.274. The molecule has 118 valence electrons. The van der Waals surface area contributed by atoms with Crippen LogP contribution < -0.4 is 5.32 Å². The van der Waals surface area contributed by atoms with Crippen molar-refractivity contribution >= 4 is 17.3 Å². The van der Waals surface area contributed by atoms with Crippen molar-refractivity contribution in [3.8, 4) is 11.4 Å². The minimum atomic E-state index is -0.274. The first-order valence-electron chi connectivity index (χ1n) is 7.51. The summed E-state index contributed by atoms with van der Waals surface area (Å²) >= 11 is 0. The predicted molar refractivity (Wildman–Crippen MR) is 90.6 cm³/mol. The van der Waals surface area contributed by atoms with Crippen LogP contribution in [-0.2, 0) is 0 Å². The minimum Gasteiger partial charge on any atom is -0.340 e. The van der Waals surface area contributed by atoms with E-state index < -0.39 is 0 Å². The Bertz CT molecular complexity index is 993. The van der Waals surface area contributed by atoms with Crippen molar-refractivity contribution in [1.82, 2.24) is 19.6 Å². The summed E-state index contributed by atoms with van der Waals surface area (Å²) in [5.41, 5.74) is 2.51. The summed E-state index contributed by atoms with van der Waals surface area (Å²) in [7, 11) is 0. The molecule has 0 spiro atoms. The molecule has 2 heterocycles. The van der Waals surface area contributed by atoms with E-state index in [-0.39, 0.29) is 5.82 Å². The van der Waals surface area contributed by atoms with Crippen LogP contribution in [0, 0.1) is 12.7 Å². The van der Waals surface area contributed by atoms with Gasteiger partial charge in [-0.3, -0.25) is 0 Å². The van der Waals surface area contributed by atoms with Crippen molar-refractivity contribution in [3.63, 3.8) is 0 Å². The topological polar surface area (TPSA) is 55.1 Å². The van der Waals surface area contributed by atoms with Crippen molar-refractivity contribution in [1.29, 1.82) is 0 Å². The summed E-state index contributed by atoms with van der Waals surface area (Å²) in [6.45, 7) is 1.90. The van der Waals surface area contributed by atoms with Crippen molar-refractivity contribution in [2.24, 2.45) is 0 Å². The molecule has 6 heteroatoms. The van der Waals surface area contributed by atoms with Crippen LogP contribution in [0.3, 0.4) is 0 Å². The number of hydrogen-bond acceptors (Lipinski definition) is 4. The van der Waals surface area contributed by atoms with E-state index in [2.05, 4.69) is 20.4 Å². The first-order chi connectivity index (χ1) is 11.7. The van der Waals surface area contributed by atoms with Gasteiger partial charge >= 0.3 is 0 Å². The van der Waals surface area contributed by atoms with Crippen molar-refractivity contribution in [3.05, 3.63) is 72.2 Å². The Morgan fingerprint density at radius 3 is 2.46 bits per heavy atom. The number of anilines is 2. The molecule has 5 nitrogen and oxygen atoms in total. The van der Waals surface area contributed by atoms with Crippen molar-refractivity contribution in [2.75, 3.05) is 5.32 Å². The molecule has 0 unspecified atom stereocenters. The van der Waals surface area contributed by atoms with Gasteiger partial charge in [0.2, 0.25) is 0 Å². The Kier molecular flexibility index (Phi) is 3.42. The molecule has 2 aromatic heterocycles. The number of aryl methyl sites for hydroxylation is 1. The summed E-state index contributed by atoms with van der Waals surface area (Å²) in [5, 5.41) is 7.78. The van der Waals surface area contributed by atoms with Crippen LogP contribution in [0.2, 0.25) is 0 Å². The summed E-state index contributed by atoms with van der Waals surface area (Å²) in [5.74, 6) is 1.57. The molecule has 4 aromatic rings. The molecule has 0 saturated carbocycles. The SMILES string of the molecule is Cc1cc(Nc2ccc(F)cc2)n2nc(-c3ccccc3)nc2n1. The third kappa shape index (κ3) is 2.69. The van der Waals surface area contributed by atoms with Gasteiger partial charge in [0.05, 0.1) is 0 Å². The van der Waals surface area contributed by atoms with E-state index in [1.807, 2.05) is 43.3 Å². The maximum atomic E-state index is 13.1. The smallest absolute Gasteiger partial charge is 0.254 e. The van der Waals surface area contributed by atoms with Crippen LogP contribution in [0.25, 0.3) is 17.2 Å². The van der Waals surface area contributed by atoms with E-state index in [9.17, 15) is 4.39 Å². The number of nitrogens with zero attached hydrogens (tertiary/aromatic N) is 4. The molecule has 0 amide bonds. The van der Waals surface area contributed by atoms with Crippen LogP contribution in [0.4, 0.5) is 15.9 Å². The van der Waals surface area contributed by atoms with Crippen LogP contribution in [0.1, 0.15) is 5.69 Å². The quantitative estimate of drug-likeness (QED) is 0.620. The van der Waals surface area contributed by atoms with Crippen molar-refractivity contribution < 1.29 is 4.39 Å². The Morgan fingerprint density at radius 1 is 0.958 bits per heavy atom. The van der Waals surface area contributed by atoms with Crippen LogP contribution >= 0.6 is 0 Å². The van der Waals surface area contributed by atoms with E-state index >= 15 is 0 Å². The molecule has 24 heavy (non-hydrogen) atoms. The van der Waals surface area contributed by atoms with E-state index in [0.29, 0.717) is 11.6 Å². The summed E-state index contributed by atoms with van der Waals surface area (Å²) in [6, 6.07) is 17.8. The first-order valence-corrected chi connectivity index (χ1v) is 7.51. The summed E-state index contributed by atoms with van der Waals surface area (Å²) in [6.07, 6.45) is 0. The molecule has 0 aliphatic rings. The lowest BCUT2D eigenvalue weighted by molar-refractivity contribution is 0.628. The second-order valence-electron chi connectivity index (χ2n) is 5.43. The Labute approximate surface area is 137 Å². The van der Waals surface area contributed by atoms with E-state index in [0.717, 1.165) is 22.8 Å². The van der Waals surface area contributed by atoms with E-state index in [1.165, 1.54) is 12.1 Å². The molecule has 0 aliphatic carbocycles. The van der Waals surface area contributed by atoms with Gasteiger partial charge in [-0.15, -0.1) is 5.10 Å². The molecule has 0 aliphatic heterocycles. The molecule has 0 fully saturated rings. The molecule has 4 rings (SSSR count). The van der Waals surface area contributed by atoms with Crippen molar-refractivity contribution in [2.45, 2.75) is 6.92 Å². The molecule has 1 N–H and O–H groups in total. The lowest BCUT2D eigenvalue weighted by Gasteiger charge is -2.08. The summed E-state index contributed by atoms with van der Waals surface area (Å²) in [4.78, 5) is 8.93. The number of benzene rings is 2. The average Bonchev–Trinajstić information content (AvgIpc) is 3.02. The Balaban J connectivity index is 1.80. The molecular weight excluding hydrogens is 305 g/mol. The predicted octanol–water partition coefficient (Wildman–Crippen LogP) is 3.98. The van der Waals surface area contributed by atoms with Crippen LogP contribution in [-0.4, -0.2) is 19.6 Å². The zero-order valence-corrected chi connectivity index (χ0v) is 12.9. The standard InChI is InChI=1S/C18H14FN5/c1-12-11-16(21-15-9-7-14(19)8-10-15)24-18(20-12)22-17(23-24)13-5-3-2-4-6-13/h2-11,21H,1H3. The highest BCUT2D eigenvalue weighted by molar-refractivity contribution is 5.62. The molecule has 0 bridgehead atoms. The lowest BCUT2D eigenvalue weighted by atomic mass is 10.2. The number of fused-ring (bicyclic) bond motifs is 1. The maximum absolute atomic E-state index is 13.1. The monoisotopic (exact) mass is 319 g/mol. The maximum Gasteiger partial charge on any atom is 0.254 e. The number of aromatic nitrogens is 4. The highest BCUT2D eigenvalue weighted by Gasteiger charge is 2.11. The molecule has 0 atom stereocenters. The fourth-order valence-corrected chi connectivity index (χ4v) is 2.47. The first kappa shape index (κ1) is 14.3. The Morgan fingerprint density at radius 2 is 1.71 bits per heavy atom. The molecular formula is C18H14FN5. The molecule has 0 saturated heterocycles. The van der Waals surface area contributed by atoms with Crippen LogP contribution in [0.15, 0.2) is 60.7 Å². The number of hydrogen-bond donors (Lipinski definition) is 1. The number of rotatable bonds is 3. The zero-order valence-electron chi connectivity index (χ0n) is 12.9. The van der Waals surface area contributed by atoms with Gasteiger partial charge in [0.25, 0.3) is 5.78 Å². The zero-order chi connectivity index (χ0) is 16.5. The second kappa shape index (κ2) is 5.73.